The second-order valence-corrected chi connectivity index (χ2v) is 5.86. The lowest BCUT2D eigenvalue weighted by Crippen LogP contribution is -2.03. The number of hydrogen-bond acceptors (Lipinski definition) is 2. The first-order valence-corrected chi connectivity index (χ1v) is 7.33. The van der Waals surface area contributed by atoms with Crippen LogP contribution in [0.2, 0.25) is 5.02 Å². The summed E-state index contributed by atoms with van der Waals surface area (Å²) in [5.41, 5.74) is 0.515. The van der Waals surface area contributed by atoms with Gasteiger partial charge < -0.3 is 5.11 Å². The Bertz CT molecular complexity index is 688. The molecule has 2 aromatic rings. The summed E-state index contributed by atoms with van der Waals surface area (Å²) in [6.45, 7) is 0. The van der Waals surface area contributed by atoms with Gasteiger partial charge in [-0.25, -0.2) is 9.18 Å². The number of carboxylic acid groups (broad SMARTS) is 1. The molecule has 0 aromatic heterocycles. The van der Waals surface area contributed by atoms with Crippen LogP contribution in [0.5, 0.6) is 0 Å². The number of aromatic carboxylic acids is 1. The highest BCUT2D eigenvalue weighted by atomic mass is 35.5. The van der Waals surface area contributed by atoms with E-state index >= 15 is 0 Å². The van der Waals surface area contributed by atoms with Crippen molar-refractivity contribution in [2.75, 3.05) is 0 Å². The van der Waals surface area contributed by atoms with E-state index in [1.54, 1.807) is 24.3 Å². The molecule has 0 aliphatic rings. The van der Waals surface area contributed by atoms with Crippen molar-refractivity contribution in [3.63, 3.8) is 0 Å². The molecule has 1 N–H and O–H groups in total. The summed E-state index contributed by atoms with van der Waals surface area (Å²) in [5, 5.41) is 9.31. The fourth-order valence-electron chi connectivity index (χ4n) is 1.65. The van der Waals surface area contributed by atoms with Crippen LogP contribution < -0.4 is 0 Å². The maximum Gasteiger partial charge on any atom is 0.335 e. The highest BCUT2D eigenvalue weighted by Crippen LogP contribution is 2.22. The minimum atomic E-state index is -1.71. The third-order valence-electron chi connectivity index (χ3n) is 2.67. The molecule has 0 saturated heterocycles. The Morgan fingerprint density at radius 3 is 2.60 bits per heavy atom. The van der Waals surface area contributed by atoms with Gasteiger partial charge in [-0.15, -0.1) is 0 Å². The zero-order valence-electron chi connectivity index (χ0n) is 10.2. The van der Waals surface area contributed by atoms with Crippen LogP contribution in [0.15, 0.2) is 47.4 Å². The topological polar surface area (TPSA) is 54.4 Å². The quantitative estimate of drug-likeness (QED) is 0.940. The lowest BCUT2D eigenvalue weighted by atomic mass is 10.2. The van der Waals surface area contributed by atoms with E-state index in [0.717, 1.165) is 18.2 Å². The maximum atomic E-state index is 13.7. The summed E-state index contributed by atoms with van der Waals surface area (Å²) < 4.78 is 25.8. The Hall–Kier alpha value is -1.72. The number of rotatable bonds is 4. The normalized spacial score (nSPS) is 12.1. The number of carbonyl (C=O) groups is 1. The Kier molecular flexibility index (Phi) is 4.52. The smallest absolute Gasteiger partial charge is 0.335 e. The molecule has 2 rings (SSSR count). The third kappa shape index (κ3) is 3.23. The molecule has 0 radical (unpaired) electrons. The van der Waals surface area contributed by atoms with Gasteiger partial charge >= 0.3 is 5.97 Å². The van der Waals surface area contributed by atoms with E-state index in [4.69, 9.17) is 16.7 Å². The number of halogens is 2. The molecular weight excluding hydrogens is 303 g/mol. The van der Waals surface area contributed by atoms with E-state index in [9.17, 15) is 13.4 Å². The number of hydrogen-bond donors (Lipinski definition) is 1. The van der Waals surface area contributed by atoms with Crippen molar-refractivity contribution in [2.45, 2.75) is 10.6 Å². The molecule has 0 heterocycles. The van der Waals surface area contributed by atoms with Crippen LogP contribution in [-0.4, -0.2) is 15.3 Å². The molecule has 3 nitrogen and oxygen atoms in total. The van der Waals surface area contributed by atoms with E-state index in [0.29, 0.717) is 10.6 Å². The molecule has 0 spiro atoms. The van der Waals surface area contributed by atoms with Gasteiger partial charge in [0.25, 0.3) is 0 Å². The van der Waals surface area contributed by atoms with Gasteiger partial charge in [-0.05, 0) is 29.8 Å². The molecule has 0 fully saturated rings. The summed E-state index contributed by atoms with van der Waals surface area (Å²) in [6.07, 6.45) is 0. The van der Waals surface area contributed by atoms with Crippen molar-refractivity contribution >= 4 is 28.4 Å². The Balaban J connectivity index is 2.32. The molecule has 1 atom stereocenters. The molecule has 20 heavy (non-hydrogen) atoms. The van der Waals surface area contributed by atoms with Crippen molar-refractivity contribution in [1.29, 1.82) is 0 Å². The molecule has 6 heteroatoms. The minimum absolute atomic E-state index is 0.0274. The summed E-state index contributed by atoms with van der Waals surface area (Å²) in [7, 11) is -1.71. The number of carboxylic acids is 1. The van der Waals surface area contributed by atoms with Gasteiger partial charge in [-0.1, -0.05) is 29.8 Å². The highest BCUT2D eigenvalue weighted by Gasteiger charge is 2.15. The van der Waals surface area contributed by atoms with Crippen LogP contribution in [-0.2, 0) is 16.6 Å². The van der Waals surface area contributed by atoms with Gasteiger partial charge in [0.1, 0.15) is 5.82 Å². The average Bonchev–Trinajstić information content (AvgIpc) is 2.41. The molecule has 0 amide bonds. The van der Waals surface area contributed by atoms with Gasteiger partial charge in [0, 0.05) is 5.02 Å². The first kappa shape index (κ1) is 14.7. The van der Waals surface area contributed by atoms with E-state index in [2.05, 4.69) is 0 Å². The van der Waals surface area contributed by atoms with E-state index < -0.39 is 22.6 Å². The predicted octanol–water partition coefficient (Wildman–Crippen LogP) is 3.49. The van der Waals surface area contributed by atoms with Crippen LogP contribution in [0.25, 0.3) is 0 Å². The lowest BCUT2D eigenvalue weighted by Gasteiger charge is -2.06. The maximum absolute atomic E-state index is 13.7. The van der Waals surface area contributed by atoms with Crippen LogP contribution in [0.4, 0.5) is 4.39 Å². The van der Waals surface area contributed by atoms with Crippen LogP contribution in [0.3, 0.4) is 0 Å². The van der Waals surface area contributed by atoms with Crippen molar-refractivity contribution in [1.82, 2.24) is 0 Å². The highest BCUT2D eigenvalue weighted by molar-refractivity contribution is 7.84. The van der Waals surface area contributed by atoms with Gasteiger partial charge in [-0.3, -0.25) is 4.21 Å². The second kappa shape index (κ2) is 6.15. The van der Waals surface area contributed by atoms with Crippen molar-refractivity contribution in [2.24, 2.45) is 0 Å². The molecular formula is C14H10ClFO3S. The second-order valence-electron chi connectivity index (χ2n) is 4.03. The van der Waals surface area contributed by atoms with Crippen LogP contribution in [0, 0.1) is 5.82 Å². The number of benzene rings is 2. The molecule has 104 valence electrons. The Morgan fingerprint density at radius 1 is 1.25 bits per heavy atom. The minimum Gasteiger partial charge on any atom is -0.478 e. The lowest BCUT2D eigenvalue weighted by molar-refractivity contribution is 0.0696. The van der Waals surface area contributed by atoms with E-state index in [-0.39, 0.29) is 16.2 Å². The standard InChI is InChI=1S/C14H10ClFO3S/c15-11-4-2-1-3-10(11)8-20(19)13-7-9(14(17)18)5-6-12(13)16/h1-7H,8H2,(H,17,18). The first-order chi connectivity index (χ1) is 9.49. The predicted molar refractivity (Wildman–Crippen MR) is 74.9 cm³/mol. The van der Waals surface area contributed by atoms with Crippen LogP contribution in [0.1, 0.15) is 15.9 Å². The van der Waals surface area contributed by atoms with Gasteiger partial charge in [0.05, 0.1) is 27.0 Å². The third-order valence-corrected chi connectivity index (χ3v) is 4.41. The zero-order valence-corrected chi connectivity index (χ0v) is 11.7. The van der Waals surface area contributed by atoms with Crippen molar-refractivity contribution in [3.05, 3.63) is 64.4 Å². The largest absolute Gasteiger partial charge is 0.478 e. The van der Waals surface area contributed by atoms with Crippen LogP contribution >= 0.6 is 11.6 Å². The summed E-state index contributed by atoms with van der Waals surface area (Å²) in [6, 6.07) is 10.0. The van der Waals surface area contributed by atoms with E-state index in [1.807, 2.05) is 0 Å². The molecule has 0 aliphatic carbocycles. The first-order valence-electron chi connectivity index (χ1n) is 5.63. The Morgan fingerprint density at radius 2 is 1.95 bits per heavy atom. The fraction of sp³-hybridized carbons (Fsp3) is 0.0714. The summed E-state index contributed by atoms with van der Waals surface area (Å²) in [5.74, 6) is -1.86. The zero-order chi connectivity index (χ0) is 14.7. The molecule has 0 bridgehead atoms. The molecule has 1 unspecified atom stereocenters. The van der Waals surface area contributed by atoms with Gasteiger partial charge in [0.2, 0.25) is 0 Å². The fourth-order valence-corrected chi connectivity index (χ4v) is 3.16. The summed E-state index contributed by atoms with van der Waals surface area (Å²) in [4.78, 5) is 10.7. The van der Waals surface area contributed by atoms with E-state index in [1.165, 1.54) is 0 Å². The monoisotopic (exact) mass is 312 g/mol. The Labute approximate surface area is 122 Å². The van der Waals surface area contributed by atoms with Gasteiger partial charge in [0.15, 0.2) is 0 Å². The molecule has 0 aliphatic heterocycles. The van der Waals surface area contributed by atoms with Gasteiger partial charge in [-0.2, -0.15) is 0 Å². The molecule has 2 aromatic carbocycles. The summed E-state index contributed by atoms with van der Waals surface area (Å²) >= 11 is 5.95. The van der Waals surface area contributed by atoms with Crippen molar-refractivity contribution < 1.29 is 18.5 Å². The van der Waals surface area contributed by atoms with Crippen molar-refractivity contribution in [3.8, 4) is 0 Å². The average molecular weight is 313 g/mol. The SMILES string of the molecule is O=C(O)c1ccc(F)c(S(=O)Cc2ccccc2Cl)c1. The molecule has 0 saturated carbocycles.